The smallest absolute Gasteiger partial charge is 0.254 e. The van der Waals surface area contributed by atoms with E-state index in [0.717, 1.165) is 41.5 Å². The van der Waals surface area contributed by atoms with Gasteiger partial charge in [-0.1, -0.05) is 48.0 Å². The number of likely N-dealkylation sites (tertiary alicyclic amines) is 1. The maximum Gasteiger partial charge on any atom is 0.254 e. The maximum absolute atomic E-state index is 13.5. The summed E-state index contributed by atoms with van der Waals surface area (Å²) in [5.74, 6) is 0.0925. The Labute approximate surface area is 178 Å². The third-order valence-electron chi connectivity index (χ3n) is 6.16. The minimum atomic E-state index is -0.210. The second-order valence-electron chi connectivity index (χ2n) is 8.13. The SMILES string of the molecule is COC1(Cc2ccccc2)CCN(C(=O)c2cc(C)ccc2-c2ccncc2)CC1. The fourth-order valence-electron chi connectivity index (χ4n) is 4.33. The van der Waals surface area contributed by atoms with E-state index < -0.39 is 0 Å². The number of carbonyl (C=O) groups is 1. The summed E-state index contributed by atoms with van der Waals surface area (Å²) in [7, 11) is 1.79. The zero-order chi connectivity index (χ0) is 21.0. The molecule has 4 heteroatoms. The lowest BCUT2D eigenvalue weighted by molar-refractivity contribution is -0.0516. The second kappa shape index (κ2) is 8.80. The molecular weight excluding hydrogens is 372 g/mol. The van der Waals surface area contributed by atoms with Gasteiger partial charge in [0.15, 0.2) is 0 Å². The summed E-state index contributed by atoms with van der Waals surface area (Å²) >= 11 is 0. The van der Waals surface area contributed by atoms with Crippen LogP contribution in [0.25, 0.3) is 11.1 Å². The molecule has 1 saturated heterocycles. The van der Waals surface area contributed by atoms with Crippen LogP contribution in [0.5, 0.6) is 0 Å². The standard InChI is InChI=1S/C26H28N2O2/c1-20-8-9-23(22-10-14-27-15-11-22)24(18-20)25(29)28-16-12-26(30-2,13-17-28)19-21-6-4-3-5-7-21/h3-11,14-15,18H,12-13,16-17,19H2,1-2H3. The highest BCUT2D eigenvalue weighted by Gasteiger charge is 2.36. The van der Waals surface area contributed by atoms with Crippen molar-refractivity contribution in [3.05, 3.63) is 89.7 Å². The molecule has 154 valence electrons. The number of ether oxygens (including phenoxy) is 1. The summed E-state index contributed by atoms with van der Waals surface area (Å²) in [4.78, 5) is 19.6. The third kappa shape index (κ3) is 4.29. The van der Waals surface area contributed by atoms with Gasteiger partial charge in [-0.2, -0.15) is 0 Å². The molecule has 0 unspecified atom stereocenters. The first-order chi connectivity index (χ1) is 14.6. The lowest BCUT2D eigenvalue weighted by Gasteiger charge is -2.41. The van der Waals surface area contributed by atoms with Gasteiger partial charge in [-0.05, 0) is 54.7 Å². The number of amides is 1. The number of nitrogens with zero attached hydrogens (tertiary/aromatic N) is 2. The molecule has 2 heterocycles. The molecule has 0 saturated carbocycles. The topological polar surface area (TPSA) is 42.4 Å². The van der Waals surface area contributed by atoms with E-state index in [1.165, 1.54) is 5.56 Å². The molecule has 0 bridgehead atoms. The van der Waals surface area contributed by atoms with Crippen LogP contribution in [0.3, 0.4) is 0 Å². The quantitative estimate of drug-likeness (QED) is 0.610. The van der Waals surface area contributed by atoms with E-state index in [-0.39, 0.29) is 11.5 Å². The van der Waals surface area contributed by atoms with Gasteiger partial charge in [-0.3, -0.25) is 9.78 Å². The Balaban J connectivity index is 1.53. The summed E-state index contributed by atoms with van der Waals surface area (Å²) in [5.41, 5.74) is 4.88. The molecule has 0 radical (unpaired) electrons. The van der Waals surface area contributed by atoms with Crippen molar-refractivity contribution in [2.45, 2.75) is 31.8 Å². The van der Waals surface area contributed by atoms with Crippen molar-refractivity contribution in [3.8, 4) is 11.1 Å². The summed E-state index contributed by atoms with van der Waals surface area (Å²) in [6, 6.07) is 20.5. The molecule has 0 aliphatic carbocycles. The zero-order valence-corrected chi connectivity index (χ0v) is 17.7. The Morgan fingerprint density at radius 3 is 2.40 bits per heavy atom. The van der Waals surface area contributed by atoms with Crippen molar-refractivity contribution < 1.29 is 9.53 Å². The number of piperidine rings is 1. The zero-order valence-electron chi connectivity index (χ0n) is 17.7. The van der Waals surface area contributed by atoms with Crippen molar-refractivity contribution in [2.24, 2.45) is 0 Å². The Morgan fingerprint density at radius 1 is 1.03 bits per heavy atom. The van der Waals surface area contributed by atoms with Crippen LogP contribution in [0, 0.1) is 6.92 Å². The van der Waals surface area contributed by atoms with Gasteiger partial charge >= 0.3 is 0 Å². The molecule has 4 nitrogen and oxygen atoms in total. The van der Waals surface area contributed by atoms with Gasteiger partial charge in [0.05, 0.1) is 5.60 Å². The van der Waals surface area contributed by atoms with E-state index in [9.17, 15) is 4.79 Å². The first-order valence-electron chi connectivity index (χ1n) is 10.5. The highest BCUT2D eigenvalue weighted by atomic mass is 16.5. The number of hydrogen-bond donors (Lipinski definition) is 0. The number of benzene rings is 2. The Bertz CT molecular complexity index is 994. The van der Waals surface area contributed by atoms with Gasteiger partial charge in [0.25, 0.3) is 5.91 Å². The molecular formula is C26H28N2O2. The number of aromatic nitrogens is 1. The van der Waals surface area contributed by atoms with Gasteiger partial charge < -0.3 is 9.64 Å². The van der Waals surface area contributed by atoms with Gasteiger partial charge in [0.2, 0.25) is 0 Å². The number of methoxy groups -OCH3 is 1. The molecule has 0 atom stereocenters. The van der Waals surface area contributed by atoms with E-state index in [4.69, 9.17) is 4.74 Å². The first kappa shape index (κ1) is 20.3. The second-order valence-corrected chi connectivity index (χ2v) is 8.13. The summed E-state index contributed by atoms with van der Waals surface area (Å²) in [6.45, 7) is 3.42. The van der Waals surface area contributed by atoms with E-state index in [1.54, 1.807) is 19.5 Å². The number of pyridine rings is 1. The number of hydrogen-bond acceptors (Lipinski definition) is 3. The third-order valence-corrected chi connectivity index (χ3v) is 6.16. The van der Waals surface area contributed by atoms with Crippen LogP contribution in [0.2, 0.25) is 0 Å². The fraction of sp³-hybridized carbons (Fsp3) is 0.308. The van der Waals surface area contributed by atoms with Gasteiger partial charge in [-0.15, -0.1) is 0 Å². The van der Waals surface area contributed by atoms with Gasteiger partial charge in [-0.25, -0.2) is 0 Å². The minimum Gasteiger partial charge on any atom is -0.378 e. The van der Waals surface area contributed by atoms with Crippen molar-refractivity contribution >= 4 is 5.91 Å². The van der Waals surface area contributed by atoms with Crippen molar-refractivity contribution in [1.29, 1.82) is 0 Å². The number of rotatable bonds is 5. The molecule has 0 N–H and O–H groups in total. The normalized spacial score (nSPS) is 15.7. The molecule has 1 fully saturated rings. The van der Waals surface area contributed by atoms with Crippen LogP contribution >= 0.6 is 0 Å². The molecule has 1 aliphatic heterocycles. The first-order valence-corrected chi connectivity index (χ1v) is 10.5. The van der Waals surface area contributed by atoms with E-state index in [1.807, 2.05) is 42.2 Å². The average Bonchev–Trinajstić information content (AvgIpc) is 2.80. The largest absolute Gasteiger partial charge is 0.378 e. The van der Waals surface area contributed by atoms with E-state index in [2.05, 4.69) is 35.3 Å². The van der Waals surface area contributed by atoms with Crippen LogP contribution in [0.15, 0.2) is 73.1 Å². The molecule has 1 amide bonds. The van der Waals surface area contributed by atoms with Crippen LogP contribution in [-0.4, -0.2) is 41.6 Å². The molecule has 30 heavy (non-hydrogen) atoms. The highest BCUT2D eigenvalue weighted by molar-refractivity contribution is 6.01. The van der Waals surface area contributed by atoms with Crippen molar-refractivity contribution in [2.75, 3.05) is 20.2 Å². The molecule has 4 rings (SSSR count). The molecule has 1 aliphatic rings. The predicted molar refractivity (Wildman–Crippen MR) is 119 cm³/mol. The van der Waals surface area contributed by atoms with Gasteiger partial charge in [0, 0.05) is 44.6 Å². The lowest BCUT2D eigenvalue weighted by Crippen LogP contribution is -2.48. The maximum atomic E-state index is 13.5. The van der Waals surface area contributed by atoms with Gasteiger partial charge in [0.1, 0.15) is 0 Å². The van der Waals surface area contributed by atoms with E-state index >= 15 is 0 Å². The van der Waals surface area contributed by atoms with Crippen LogP contribution in [0.1, 0.15) is 34.3 Å². The molecule has 1 aromatic heterocycles. The molecule has 3 aromatic rings. The summed E-state index contributed by atoms with van der Waals surface area (Å²) in [5, 5.41) is 0. The lowest BCUT2D eigenvalue weighted by atomic mass is 9.84. The summed E-state index contributed by atoms with van der Waals surface area (Å²) in [6.07, 6.45) is 6.07. The van der Waals surface area contributed by atoms with Crippen LogP contribution in [-0.2, 0) is 11.2 Å². The van der Waals surface area contributed by atoms with Crippen LogP contribution in [0.4, 0.5) is 0 Å². The Kier molecular flexibility index (Phi) is 5.96. The Hall–Kier alpha value is -2.98. The van der Waals surface area contributed by atoms with Crippen molar-refractivity contribution in [1.82, 2.24) is 9.88 Å². The van der Waals surface area contributed by atoms with E-state index in [0.29, 0.717) is 13.1 Å². The van der Waals surface area contributed by atoms with Crippen LogP contribution < -0.4 is 0 Å². The Morgan fingerprint density at radius 2 is 1.73 bits per heavy atom. The monoisotopic (exact) mass is 400 g/mol. The average molecular weight is 401 g/mol. The van der Waals surface area contributed by atoms with Crippen molar-refractivity contribution in [3.63, 3.8) is 0 Å². The highest BCUT2D eigenvalue weighted by Crippen LogP contribution is 2.32. The minimum absolute atomic E-state index is 0.0925. The number of aryl methyl sites for hydroxylation is 1. The molecule has 2 aromatic carbocycles. The number of carbonyl (C=O) groups excluding carboxylic acids is 1. The summed E-state index contributed by atoms with van der Waals surface area (Å²) < 4.78 is 5.98. The molecule has 0 spiro atoms. The predicted octanol–water partition coefficient (Wildman–Crippen LogP) is 4.92. The fourth-order valence-corrected chi connectivity index (χ4v) is 4.33.